The van der Waals surface area contributed by atoms with E-state index in [1.54, 1.807) is 18.2 Å². The maximum absolute atomic E-state index is 10.1. The maximum atomic E-state index is 10.1. The van der Waals surface area contributed by atoms with Crippen LogP contribution in [0.5, 0.6) is 5.75 Å². The molecule has 1 rings (SSSR count). The van der Waals surface area contributed by atoms with Crippen molar-refractivity contribution >= 4 is 48.1 Å². The summed E-state index contributed by atoms with van der Waals surface area (Å²) in [6, 6.07) is 7.75. The number of para-hydroxylation sites is 1. The van der Waals surface area contributed by atoms with Crippen molar-refractivity contribution in [2.75, 3.05) is 13.2 Å². The van der Waals surface area contributed by atoms with Gasteiger partial charge < -0.3 is 11.8 Å². The van der Waals surface area contributed by atoms with Crippen molar-refractivity contribution in [1.82, 2.24) is 0 Å². The predicted molar refractivity (Wildman–Crippen MR) is 68.8 cm³/mol. The Morgan fingerprint density at radius 1 is 1.18 bits per heavy atom. The molecule has 0 atom stereocenters. The van der Waals surface area contributed by atoms with Gasteiger partial charge in [-0.3, -0.25) is 4.55 Å². The third-order valence-electron chi connectivity index (χ3n) is 1.35. The van der Waals surface area contributed by atoms with Crippen LogP contribution in [0.2, 0.25) is 0 Å². The minimum absolute atomic E-state index is 0. The molecular weight excluding hydrogens is 272 g/mol. The van der Waals surface area contributed by atoms with E-state index in [0.717, 1.165) is 13.2 Å². The number of hydrogen-bond donors (Lipinski definition) is 1. The van der Waals surface area contributed by atoms with Crippen LogP contribution in [0.4, 0.5) is 0 Å². The first-order valence-corrected chi connectivity index (χ1v) is 6.15. The monoisotopic (exact) mass is 290 g/mol. The zero-order valence-corrected chi connectivity index (χ0v) is 13.0. The Morgan fingerprint density at radius 2 is 1.65 bits per heavy atom. The first-order chi connectivity index (χ1) is 7.49. The van der Waals surface area contributed by atoms with E-state index in [0.29, 0.717) is 0 Å². The van der Waals surface area contributed by atoms with Gasteiger partial charge in [0.05, 0.1) is 0 Å². The van der Waals surface area contributed by atoms with Gasteiger partial charge in [0.15, 0.2) is 0 Å². The Kier molecular flexibility index (Phi) is 12.9. The molecule has 0 aromatic heterocycles. The van der Waals surface area contributed by atoms with E-state index in [4.69, 9.17) is 9.29 Å². The van der Waals surface area contributed by atoms with E-state index in [1.165, 1.54) is 12.1 Å². The molecule has 1 aromatic rings. The van der Waals surface area contributed by atoms with Crippen LogP contribution in [0.1, 0.15) is 16.7 Å². The van der Waals surface area contributed by atoms with Crippen LogP contribution >= 0.6 is 0 Å². The molecule has 0 fully saturated rings. The standard InChI is InChI=1S/C6H6O4S.C4H10O.Ca.2H/c7-11(8,9)10-6-4-2-1-3-5-6;1-3-5-4-2;;;/h1-5H,(H,7,8,9);3-4H2,1-2H3;;;/q;;+2;2*-1. The van der Waals surface area contributed by atoms with Crippen LogP contribution in [0.25, 0.3) is 0 Å². The maximum Gasteiger partial charge on any atom is 2.00 e. The molecule has 5 nitrogen and oxygen atoms in total. The molecule has 1 aromatic carbocycles. The van der Waals surface area contributed by atoms with Gasteiger partial charge in [-0.05, 0) is 26.0 Å². The van der Waals surface area contributed by atoms with Gasteiger partial charge in [0.1, 0.15) is 5.75 Å². The third kappa shape index (κ3) is 14.1. The summed E-state index contributed by atoms with van der Waals surface area (Å²) in [6.07, 6.45) is 0. The Bertz CT molecular complexity index is 373. The van der Waals surface area contributed by atoms with Crippen molar-refractivity contribution in [3.05, 3.63) is 30.3 Å². The first-order valence-electron chi connectivity index (χ1n) is 4.79. The molecule has 0 bridgehead atoms. The van der Waals surface area contributed by atoms with Crippen molar-refractivity contribution in [2.45, 2.75) is 13.8 Å². The van der Waals surface area contributed by atoms with E-state index in [9.17, 15) is 8.42 Å². The van der Waals surface area contributed by atoms with Gasteiger partial charge in [0, 0.05) is 13.2 Å². The normalized spacial score (nSPS) is 9.59. The molecule has 0 heterocycles. The van der Waals surface area contributed by atoms with Gasteiger partial charge in [-0.15, -0.1) is 0 Å². The summed E-state index contributed by atoms with van der Waals surface area (Å²) in [7, 11) is -4.38. The summed E-state index contributed by atoms with van der Waals surface area (Å²) in [5.74, 6) is 0.0926. The summed E-state index contributed by atoms with van der Waals surface area (Å²) in [5.41, 5.74) is 0. The average molecular weight is 290 g/mol. The summed E-state index contributed by atoms with van der Waals surface area (Å²) in [5, 5.41) is 0. The Balaban J connectivity index is -0.000000125. The molecular formula is C10H18CaO5S. The third-order valence-corrected chi connectivity index (χ3v) is 1.76. The fourth-order valence-corrected chi connectivity index (χ4v) is 1.16. The Morgan fingerprint density at radius 3 is 1.94 bits per heavy atom. The van der Waals surface area contributed by atoms with Crippen molar-refractivity contribution in [2.24, 2.45) is 0 Å². The molecule has 96 valence electrons. The molecule has 0 amide bonds. The zero-order valence-electron chi connectivity index (χ0n) is 12.0. The van der Waals surface area contributed by atoms with Crippen molar-refractivity contribution < 1.29 is 24.7 Å². The van der Waals surface area contributed by atoms with Crippen LogP contribution < -0.4 is 4.18 Å². The van der Waals surface area contributed by atoms with Gasteiger partial charge >= 0.3 is 48.1 Å². The molecule has 0 unspecified atom stereocenters. The number of benzene rings is 1. The van der Waals surface area contributed by atoms with E-state index >= 15 is 0 Å². The molecule has 17 heavy (non-hydrogen) atoms. The van der Waals surface area contributed by atoms with E-state index in [-0.39, 0.29) is 46.3 Å². The minimum Gasteiger partial charge on any atom is -1.00 e. The van der Waals surface area contributed by atoms with Gasteiger partial charge in [0.2, 0.25) is 0 Å². The van der Waals surface area contributed by atoms with Crippen molar-refractivity contribution in [3.8, 4) is 5.75 Å². The van der Waals surface area contributed by atoms with Crippen LogP contribution in [-0.2, 0) is 15.1 Å². The fraction of sp³-hybridized carbons (Fsp3) is 0.400. The molecule has 0 aliphatic carbocycles. The average Bonchev–Trinajstić information content (AvgIpc) is 2.19. The Hall–Kier alpha value is 0.150. The first kappa shape index (κ1) is 19.5. The van der Waals surface area contributed by atoms with Crippen LogP contribution in [0.3, 0.4) is 0 Å². The van der Waals surface area contributed by atoms with E-state index in [2.05, 4.69) is 4.18 Å². The second-order valence-corrected chi connectivity index (χ2v) is 3.63. The minimum atomic E-state index is -4.38. The molecule has 0 aliphatic heterocycles. The fourth-order valence-electron chi connectivity index (χ4n) is 0.802. The van der Waals surface area contributed by atoms with Crippen LogP contribution in [-0.4, -0.2) is 63.9 Å². The summed E-state index contributed by atoms with van der Waals surface area (Å²) < 4.78 is 37.5. The topological polar surface area (TPSA) is 72.8 Å². The van der Waals surface area contributed by atoms with Gasteiger partial charge in [-0.2, -0.15) is 8.42 Å². The second kappa shape index (κ2) is 11.3. The summed E-state index contributed by atoms with van der Waals surface area (Å²) in [6.45, 7) is 5.67. The largest absolute Gasteiger partial charge is 2.00 e. The SMILES string of the molecule is CCOCC.O=S(=O)(O)Oc1ccccc1.[Ca+2].[H-].[H-]. The van der Waals surface area contributed by atoms with Gasteiger partial charge in [-0.1, -0.05) is 18.2 Å². The molecule has 0 aliphatic rings. The van der Waals surface area contributed by atoms with E-state index < -0.39 is 10.4 Å². The number of rotatable bonds is 4. The predicted octanol–water partition coefficient (Wildman–Crippen LogP) is 1.76. The molecule has 7 heteroatoms. The smallest absolute Gasteiger partial charge is 1.00 e. The number of hydrogen-bond acceptors (Lipinski definition) is 4. The van der Waals surface area contributed by atoms with Crippen molar-refractivity contribution in [3.63, 3.8) is 0 Å². The number of ether oxygens (including phenoxy) is 1. The molecule has 0 saturated carbocycles. The second-order valence-electron chi connectivity index (χ2n) is 2.61. The van der Waals surface area contributed by atoms with Gasteiger partial charge in [0.25, 0.3) is 0 Å². The molecule has 0 spiro atoms. The van der Waals surface area contributed by atoms with Crippen LogP contribution in [0, 0.1) is 0 Å². The summed E-state index contributed by atoms with van der Waals surface area (Å²) >= 11 is 0. The van der Waals surface area contributed by atoms with Crippen LogP contribution in [0.15, 0.2) is 30.3 Å². The van der Waals surface area contributed by atoms with E-state index in [1.807, 2.05) is 13.8 Å². The Labute approximate surface area is 135 Å². The molecule has 0 radical (unpaired) electrons. The molecule has 0 saturated heterocycles. The molecule has 1 N–H and O–H groups in total. The van der Waals surface area contributed by atoms with Crippen molar-refractivity contribution in [1.29, 1.82) is 0 Å². The quantitative estimate of drug-likeness (QED) is 0.675. The summed E-state index contributed by atoms with van der Waals surface area (Å²) in [4.78, 5) is 0. The van der Waals surface area contributed by atoms with Gasteiger partial charge in [-0.25, -0.2) is 0 Å². The zero-order chi connectivity index (χ0) is 12.4.